The van der Waals surface area contributed by atoms with Crippen LogP contribution in [0.3, 0.4) is 0 Å². The molecule has 2 amide bonds. The van der Waals surface area contributed by atoms with Crippen molar-refractivity contribution in [2.75, 3.05) is 26.2 Å². The van der Waals surface area contributed by atoms with Crippen LogP contribution in [0, 0.1) is 6.92 Å². The number of rotatable bonds is 2. The Bertz CT molecular complexity index is 394. The minimum Gasteiger partial charge on any atom is -0.351 e. The highest BCUT2D eigenvalue weighted by molar-refractivity contribution is 5.91. The zero-order valence-corrected chi connectivity index (χ0v) is 9.05. The zero-order chi connectivity index (χ0) is 11.5. The number of hydrogen-bond acceptors (Lipinski definition) is 4. The van der Waals surface area contributed by atoms with Crippen molar-refractivity contribution < 1.29 is 14.1 Å². The maximum absolute atomic E-state index is 11.9. The summed E-state index contributed by atoms with van der Waals surface area (Å²) in [5.74, 6) is 0.100. The number of amides is 2. The summed E-state index contributed by atoms with van der Waals surface area (Å²) in [6, 6.07) is 1.62. The van der Waals surface area contributed by atoms with E-state index in [0.29, 0.717) is 31.9 Å². The van der Waals surface area contributed by atoms with Crippen molar-refractivity contribution in [1.29, 1.82) is 0 Å². The van der Waals surface area contributed by atoms with Gasteiger partial charge in [-0.3, -0.25) is 9.59 Å². The van der Waals surface area contributed by atoms with Gasteiger partial charge in [0, 0.05) is 32.2 Å². The Labute approximate surface area is 92.8 Å². The van der Waals surface area contributed by atoms with Gasteiger partial charge in [0.1, 0.15) is 0 Å². The van der Waals surface area contributed by atoms with E-state index in [-0.39, 0.29) is 11.7 Å². The van der Waals surface area contributed by atoms with Crippen LogP contribution in [0.2, 0.25) is 0 Å². The van der Waals surface area contributed by atoms with E-state index < -0.39 is 0 Å². The molecule has 0 atom stereocenters. The van der Waals surface area contributed by atoms with E-state index >= 15 is 0 Å². The highest BCUT2D eigenvalue weighted by atomic mass is 16.5. The number of aryl methyl sites for hydroxylation is 1. The van der Waals surface area contributed by atoms with E-state index in [1.165, 1.54) is 0 Å². The number of carbonyl (C=O) groups is 2. The van der Waals surface area contributed by atoms with Crippen molar-refractivity contribution in [3.63, 3.8) is 0 Å². The number of piperazine rings is 1. The van der Waals surface area contributed by atoms with Crippen LogP contribution in [-0.2, 0) is 4.79 Å². The molecule has 1 saturated heterocycles. The molecule has 1 aromatic heterocycles. The van der Waals surface area contributed by atoms with Gasteiger partial charge in [-0.15, -0.1) is 0 Å². The highest BCUT2D eigenvalue weighted by Crippen LogP contribution is 2.09. The summed E-state index contributed by atoms with van der Waals surface area (Å²) in [6.45, 7) is 3.99. The van der Waals surface area contributed by atoms with Gasteiger partial charge in [-0.25, -0.2) is 0 Å². The molecule has 0 radical (unpaired) electrons. The lowest BCUT2D eigenvalue weighted by Gasteiger charge is -2.31. The van der Waals surface area contributed by atoms with Crippen molar-refractivity contribution in [2.45, 2.75) is 6.92 Å². The first-order valence-electron chi connectivity index (χ1n) is 5.12. The molecule has 0 aliphatic carbocycles. The van der Waals surface area contributed by atoms with Gasteiger partial charge in [0.2, 0.25) is 12.2 Å². The van der Waals surface area contributed by atoms with Gasteiger partial charge < -0.3 is 14.3 Å². The summed E-state index contributed by atoms with van der Waals surface area (Å²) in [6.07, 6.45) is 0.806. The number of nitrogens with zero attached hydrogens (tertiary/aromatic N) is 3. The summed E-state index contributed by atoms with van der Waals surface area (Å²) in [5.41, 5.74) is 0.690. The summed E-state index contributed by atoms with van der Waals surface area (Å²) < 4.78 is 4.91. The first-order valence-corrected chi connectivity index (χ1v) is 5.12. The molecule has 0 spiro atoms. The van der Waals surface area contributed by atoms with E-state index in [1.54, 1.807) is 22.8 Å². The van der Waals surface area contributed by atoms with E-state index in [0.717, 1.165) is 6.41 Å². The highest BCUT2D eigenvalue weighted by Gasteiger charge is 2.23. The van der Waals surface area contributed by atoms with E-state index in [2.05, 4.69) is 5.16 Å². The first-order chi connectivity index (χ1) is 7.70. The molecule has 2 rings (SSSR count). The molecule has 6 heteroatoms. The number of hydrogen-bond donors (Lipinski definition) is 0. The fourth-order valence-corrected chi connectivity index (χ4v) is 1.65. The van der Waals surface area contributed by atoms with Crippen molar-refractivity contribution in [3.8, 4) is 0 Å². The predicted octanol–water partition coefficient (Wildman–Crippen LogP) is -0.103. The summed E-state index contributed by atoms with van der Waals surface area (Å²) >= 11 is 0. The van der Waals surface area contributed by atoms with Crippen LogP contribution in [0.1, 0.15) is 16.2 Å². The Balaban J connectivity index is 1.99. The van der Waals surface area contributed by atoms with Gasteiger partial charge in [-0.2, -0.15) is 0 Å². The largest absolute Gasteiger partial charge is 0.351 e. The number of aromatic nitrogens is 1. The molecule has 16 heavy (non-hydrogen) atoms. The van der Waals surface area contributed by atoms with E-state index in [9.17, 15) is 9.59 Å². The molecule has 1 aromatic rings. The molecule has 1 aliphatic heterocycles. The Morgan fingerprint density at radius 1 is 1.44 bits per heavy atom. The van der Waals surface area contributed by atoms with Gasteiger partial charge in [0.25, 0.3) is 5.91 Å². The molecule has 0 bridgehead atoms. The third-order valence-corrected chi connectivity index (χ3v) is 2.59. The molecule has 6 nitrogen and oxygen atoms in total. The third kappa shape index (κ3) is 2.05. The fraction of sp³-hybridized carbons (Fsp3) is 0.500. The lowest BCUT2D eigenvalue weighted by atomic mass is 10.3. The molecular formula is C10H13N3O3. The lowest BCUT2D eigenvalue weighted by molar-refractivity contribution is -0.119. The fourth-order valence-electron chi connectivity index (χ4n) is 1.65. The molecule has 2 heterocycles. The molecule has 0 unspecified atom stereocenters. The molecule has 1 aliphatic rings. The second-order valence-electron chi connectivity index (χ2n) is 3.77. The standard InChI is InChI=1S/C10H13N3O3/c1-8-6-9(16-11-8)10(15)13-4-2-12(7-14)3-5-13/h6-7H,2-5H2,1H3. The molecule has 0 saturated carbocycles. The monoisotopic (exact) mass is 223 g/mol. The topological polar surface area (TPSA) is 66.7 Å². The van der Waals surface area contributed by atoms with Gasteiger partial charge >= 0.3 is 0 Å². The molecule has 1 fully saturated rings. The maximum atomic E-state index is 11.9. The normalized spacial score (nSPS) is 16.3. The van der Waals surface area contributed by atoms with Crippen molar-refractivity contribution in [2.24, 2.45) is 0 Å². The lowest BCUT2D eigenvalue weighted by Crippen LogP contribution is -2.48. The Hall–Kier alpha value is -1.85. The second-order valence-corrected chi connectivity index (χ2v) is 3.77. The first kappa shape index (κ1) is 10.7. The van der Waals surface area contributed by atoms with Crippen molar-refractivity contribution in [1.82, 2.24) is 15.0 Å². The zero-order valence-electron chi connectivity index (χ0n) is 9.05. The second kappa shape index (κ2) is 4.34. The maximum Gasteiger partial charge on any atom is 0.292 e. The molecule has 0 aromatic carbocycles. The quantitative estimate of drug-likeness (QED) is 0.656. The van der Waals surface area contributed by atoms with Crippen LogP contribution < -0.4 is 0 Å². The molecular weight excluding hydrogens is 210 g/mol. The molecule has 86 valence electrons. The van der Waals surface area contributed by atoms with Crippen molar-refractivity contribution in [3.05, 3.63) is 17.5 Å². The molecule has 0 N–H and O–H groups in total. The minimum atomic E-state index is -0.161. The van der Waals surface area contributed by atoms with Crippen LogP contribution in [0.5, 0.6) is 0 Å². The SMILES string of the molecule is Cc1cc(C(=O)N2CCN(C=O)CC2)on1. The van der Waals surface area contributed by atoms with Crippen LogP contribution in [0.15, 0.2) is 10.6 Å². The summed E-state index contributed by atoms with van der Waals surface area (Å²) in [4.78, 5) is 25.7. The Kier molecular flexibility index (Phi) is 2.89. The van der Waals surface area contributed by atoms with Crippen LogP contribution in [0.4, 0.5) is 0 Å². The number of carbonyl (C=O) groups excluding carboxylic acids is 2. The van der Waals surface area contributed by atoms with E-state index in [4.69, 9.17) is 4.52 Å². The summed E-state index contributed by atoms with van der Waals surface area (Å²) in [7, 11) is 0. The average molecular weight is 223 g/mol. The van der Waals surface area contributed by atoms with Gasteiger partial charge in [0.05, 0.1) is 5.69 Å². The smallest absolute Gasteiger partial charge is 0.292 e. The predicted molar refractivity (Wildman–Crippen MR) is 54.8 cm³/mol. The van der Waals surface area contributed by atoms with E-state index in [1.807, 2.05) is 0 Å². The van der Waals surface area contributed by atoms with Crippen molar-refractivity contribution >= 4 is 12.3 Å². The van der Waals surface area contributed by atoms with Crippen LogP contribution in [-0.4, -0.2) is 53.5 Å². The van der Waals surface area contributed by atoms with Crippen LogP contribution in [0.25, 0.3) is 0 Å². The van der Waals surface area contributed by atoms with Crippen LogP contribution >= 0.6 is 0 Å². The Morgan fingerprint density at radius 2 is 2.12 bits per heavy atom. The van der Waals surface area contributed by atoms with Gasteiger partial charge in [-0.1, -0.05) is 5.16 Å². The van der Waals surface area contributed by atoms with Gasteiger partial charge in [-0.05, 0) is 6.92 Å². The third-order valence-electron chi connectivity index (χ3n) is 2.59. The minimum absolute atomic E-state index is 0.161. The Morgan fingerprint density at radius 3 is 2.62 bits per heavy atom. The average Bonchev–Trinajstić information content (AvgIpc) is 2.75. The van der Waals surface area contributed by atoms with Gasteiger partial charge in [0.15, 0.2) is 0 Å². The summed E-state index contributed by atoms with van der Waals surface area (Å²) in [5, 5.41) is 3.67.